The lowest BCUT2D eigenvalue weighted by atomic mass is 9.74. The van der Waals surface area contributed by atoms with Crippen molar-refractivity contribution >= 4 is 55.7 Å². The van der Waals surface area contributed by atoms with Gasteiger partial charge in [0.1, 0.15) is 0 Å². The quantitative estimate of drug-likeness (QED) is 0.135. The van der Waals surface area contributed by atoms with Crippen LogP contribution in [0.25, 0.3) is 99.4 Å². The van der Waals surface area contributed by atoms with E-state index in [1.54, 1.807) is 0 Å². The van der Waals surface area contributed by atoms with Gasteiger partial charge in [-0.3, -0.25) is 0 Å². The molecule has 494 valence electrons. The Kier molecular flexibility index (Phi) is 13.1. The molecule has 20 rings (SSSR count). The summed E-state index contributed by atoms with van der Waals surface area (Å²) in [6.45, 7) is 21.7. The Morgan fingerprint density at radius 2 is 0.534 bits per heavy atom. The topological polar surface area (TPSA) is 6.48 Å². The summed E-state index contributed by atoms with van der Waals surface area (Å²) in [5.41, 5.74) is 38.9. The number of hydrogen-bond donors (Lipinski definition) is 0. The molecule has 0 saturated heterocycles. The van der Waals surface area contributed by atoms with E-state index in [0.717, 1.165) is 29.2 Å². The summed E-state index contributed by atoms with van der Waals surface area (Å²) in [6, 6.07) is 118. The summed E-state index contributed by atoms with van der Waals surface area (Å²) < 4.78 is 0. The van der Waals surface area contributed by atoms with Crippen molar-refractivity contribution in [3.63, 3.8) is 0 Å². The fraction of sp³-hybridized carbons (Fsp3) is 0.149. The highest BCUT2D eigenvalue weighted by molar-refractivity contribution is 6.01. The molecule has 0 spiro atoms. The molecule has 0 bridgehead atoms. The Morgan fingerprint density at radius 1 is 0.204 bits per heavy atom. The summed E-state index contributed by atoms with van der Waals surface area (Å²) in [4.78, 5) is 5.04. The first-order valence-corrected chi connectivity index (χ1v) is 36.9. The van der Waals surface area contributed by atoms with Gasteiger partial charge in [0, 0.05) is 61.2 Å². The summed E-state index contributed by atoms with van der Waals surface area (Å²) in [5, 5.41) is 5.07. The molecule has 2 nitrogen and oxygen atoms in total. The number of anilines is 6. The van der Waals surface area contributed by atoms with E-state index in [0.29, 0.717) is 0 Å². The SMILES string of the molecule is CC1(C)c2ccccc2-c2ccc(N(c3ccc4c(c3)C(C)(C)c3ccccc3-4)c3ccc4c(c3)C(C)(C)c3cc(-c5cccc6c(CC7(C)c8ccccc8-c8ccc(N(c9ccc(-c%10ccc%11ccccc%11c%10)cc9)c9ccc%10c(c9)C(C)(C)c9ccccc9-%10)cc87)cccc56)ccc3-4)cc21. The van der Waals surface area contributed by atoms with Gasteiger partial charge in [-0.15, -0.1) is 0 Å². The van der Waals surface area contributed by atoms with E-state index < -0.39 is 0 Å². The first-order chi connectivity index (χ1) is 49.9. The molecule has 0 fully saturated rings. The zero-order valence-electron chi connectivity index (χ0n) is 60.0. The van der Waals surface area contributed by atoms with Crippen LogP contribution in [0.1, 0.15) is 124 Å². The predicted octanol–water partition coefficient (Wildman–Crippen LogP) is 27.0. The monoisotopic (exact) mass is 1320 g/mol. The lowest BCUT2D eigenvalue weighted by Gasteiger charge is -2.31. The molecule has 103 heavy (non-hydrogen) atoms. The Bertz CT molecular complexity index is 6020. The number of hydrogen-bond acceptors (Lipinski definition) is 2. The largest absolute Gasteiger partial charge is 0.310 e. The fourth-order valence-corrected chi connectivity index (χ4v) is 19.7. The van der Waals surface area contributed by atoms with Gasteiger partial charge in [-0.05, 0) is 252 Å². The molecular weight excluding hydrogens is 1240 g/mol. The highest BCUT2D eigenvalue weighted by Gasteiger charge is 2.43. The Labute approximate surface area is 605 Å². The third-order valence-corrected chi connectivity index (χ3v) is 25.1. The molecular formula is C101H80N2. The van der Waals surface area contributed by atoms with E-state index in [1.165, 1.54) is 172 Å². The maximum atomic E-state index is 2.54. The van der Waals surface area contributed by atoms with Gasteiger partial charge < -0.3 is 9.80 Å². The number of nitrogens with zero attached hydrogens (tertiary/aromatic N) is 2. The van der Waals surface area contributed by atoms with Crippen molar-refractivity contribution in [3.05, 3.63) is 371 Å². The van der Waals surface area contributed by atoms with E-state index >= 15 is 0 Å². The first-order valence-electron chi connectivity index (χ1n) is 36.9. The van der Waals surface area contributed by atoms with Crippen LogP contribution >= 0.6 is 0 Å². The predicted molar refractivity (Wildman–Crippen MR) is 434 cm³/mol. The van der Waals surface area contributed by atoms with Crippen LogP contribution in [0.4, 0.5) is 34.1 Å². The van der Waals surface area contributed by atoms with E-state index in [1.807, 2.05) is 0 Å². The van der Waals surface area contributed by atoms with Crippen molar-refractivity contribution in [2.75, 3.05) is 9.80 Å². The first kappa shape index (κ1) is 61.3. The van der Waals surface area contributed by atoms with Gasteiger partial charge in [-0.25, -0.2) is 0 Å². The van der Waals surface area contributed by atoms with E-state index in [-0.39, 0.29) is 27.1 Å². The van der Waals surface area contributed by atoms with Crippen LogP contribution in [-0.4, -0.2) is 0 Å². The molecule has 0 aromatic heterocycles. The minimum atomic E-state index is -0.358. The van der Waals surface area contributed by atoms with Crippen LogP contribution in [0.15, 0.2) is 309 Å². The molecule has 5 aliphatic rings. The average molecular weight is 1320 g/mol. The third kappa shape index (κ3) is 8.93. The molecule has 2 heteroatoms. The molecule has 0 heterocycles. The van der Waals surface area contributed by atoms with E-state index in [2.05, 4.69) is 381 Å². The maximum absolute atomic E-state index is 2.54. The molecule has 0 radical (unpaired) electrons. The lowest BCUT2D eigenvalue weighted by molar-refractivity contribution is 0.585. The van der Waals surface area contributed by atoms with Crippen molar-refractivity contribution in [2.24, 2.45) is 0 Å². The highest BCUT2D eigenvalue weighted by Crippen LogP contribution is 2.59. The molecule has 15 aromatic carbocycles. The van der Waals surface area contributed by atoms with Gasteiger partial charge in [-0.2, -0.15) is 0 Å². The van der Waals surface area contributed by atoms with Gasteiger partial charge in [0.25, 0.3) is 0 Å². The second-order valence-electron chi connectivity index (χ2n) is 32.2. The van der Waals surface area contributed by atoms with Crippen LogP contribution in [-0.2, 0) is 33.5 Å². The molecule has 5 aliphatic carbocycles. The standard InChI is InChI=1S/C101H80N2/c1-97(2)87-32-16-12-25-77(87)82-49-43-69(56-92(82)97)102(68-41-38-63(39-42-68)65-37-36-62-22-10-11-23-64(62)54-65)73-47-53-86-80-28-15-19-35-90(80)101(9,96(86)60-73)61-67-24-20-31-76-74(29-21-30-75(67)76)66-40-48-81-85-52-46-72(59-95(85)100(7,8)91(81)55-66)103(70-44-50-83-78-26-13-17-33-88(78)98(3,4)93(83)57-70)71-45-51-84-79-27-14-18-34-89(79)99(5,6)94(84)58-71/h10-60H,61H2,1-9H3. The van der Waals surface area contributed by atoms with E-state index in [9.17, 15) is 0 Å². The Morgan fingerprint density at radius 3 is 1.04 bits per heavy atom. The van der Waals surface area contributed by atoms with Crippen molar-refractivity contribution in [1.29, 1.82) is 0 Å². The molecule has 15 aromatic rings. The Hall–Kier alpha value is -11.6. The number of rotatable bonds is 10. The molecule has 1 atom stereocenters. The lowest BCUT2D eigenvalue weighted by Crippen LogP contribution is -2.24. The van der Waals surface area contributed by atoms with Gasteiger partial charge >= 0.3 is 0 Å². The van der Waals surface area contributed by atoms with E-state index in [4.69, 9.17) is 0 Å². The van der Waals surface area contributed by atoms with Gasteiger partial charge in [0.05, 0.1) is 0 Å². The second-order valence-corrected chi connectivity index (χ2v) is 32.2. The van der Waals surface area contributed by atoms with Crippen molar-refractivity contribution in [2.45, 2.75) is 95.8 Å². The Balaban J connectivity index is 0.661. The number of benzene rings is 15. The minimum Gasteiger partial charge on any atom is -0.310 e. The number of fused-ring (bicyclic) bond motifs is 17. The smallest absolute Gasteiger partial charge is 0.0465 e. The zero-order valence-corrected chi connectivity index (χ0v) is 60.0. The van der Waals surface area contributed by atoms with Crippen LogP contribution in [0.2, 0.25) is 0 Å². The van der Waals surface area contributed by atoms with Crippen LogP contribution in [0.3, 0.4) is 0 Å². The summed E-state index contributed by atoms with van der Waals surface area (Å²) in [6.07, 6.45) is 0.826. The molecule has 0 saturated carbocycles. The van der Waals surface area contributed by atoms with Crippen LogP contribution < -0.4 is 9.80 Å². The van der Waals surface area contributed by atoms with Gasteiger partial charge in [0.15, 0.2) is 0 Å². The van der Waals surface area contributed by atoms with Crippen LogP contribution in [0, 0.1) is 0 Å². The minimum absolute atomic E-state index is 0.146. The molecule has 0 N–H and O–H groups in total. The fourth-order valence-electron chi connectivity index (χ4n) is 19.7. The molecule has 0 amide bonds. The maximum Gasteiger partial charge on any atom is 0.0465 e. The summed E-state index contributed by atoms with van der Waals surface area (Å²) >= 11 is 0. The zero-order chi connectivity index (χ0) is 69.6. The van der Waals surface area contributed by atoms with Gasteiger partial charge in [-0.1, -0.05) is 287 Å². The van der Waals surface area contributed by atoms with Crippen molar-refractivity contribution in [1.82, 2.24) is 0 Å². The van der Waals surface area contributed by atoms with Crippen LogP contribution in [0.5, 0.6) is 0 Å². The average Bonchev–Trinajstić information content (AvgIpc) is 1.57. The second kappa shape index (κ2) is 22.0. The van der Waals surface area contributed by atoms with Gasteiger partial charge in [0.2, 0.25) is 0 Å². The third-order valence-electron chi connectivity index (χ3n) is 25.1. The summed E-state index contributed by atoms with van der Waals surface area (Å²) in [7, 11) is 0. The highest BCUT2D eigenvalue weighted by atomic mass is 15.1. The molecule has 0 aliphatic heterocycles. The van der Waals surface area contributed by atoms with Crippen molar-refractivity contribution in [3.8, 4) is 77.9 Å². The normalized spacial score (nSPS) is 16.4. The summed E-state index contributed by atoms with van der Waals surface area (Å²) in [5.74, 6) is 0. The molecule has 1 unspecified atom stereocenters. The van der Waals surface area contributed by atoms with Crippen molar-refractivity contribution < 1.29 is 0 Å².